The molecular weight excluding hydrogens is 439 g/mol. The number of nitriles is 1. The van der Waals surface area contributed by atoms with Crippen LogP contribution in [0.15, 0.2) is 29.1 Å². The minimum absolute atomic E-state index is 0.0631. The van der Waals surface area contributed by atoms with E-state index in [2.05, 4.69) is 4.98 Å². The highest BCUT2D eigenvalue weighted by Gasteiger charge is 2.27. The lowest BCUT2D eigenvalue weighted by molar-refractivity contribution is -0.156. The van der Waals surface area contributed by atoms with Gasteiger partial charge < -0.3 is 14.7 Å². The lowest BCUT2D eigenvalue weighted by atomic mass is 9.93. The summed E-state index contributed by atoms with van der Waals surface area (Å²) in [7, 11) is 0. The molecule has 0 aliphatic carbocycles. The van der Waals surface area contributed by atoms with Crippen LogP contribution >= 0.6 is 0 Å². The summed E-state index contributed by atoms with van der Waals surface area (Å²) in [5, 5.41) is 18.2. The normalized spacial score (nSPS) is 14.6. The molecule has 0 amide bonds. The number of esters is 1. The third kappa shape index (κ3) is 6.41. The summed E-state index contributed by atoms with van der Waals surface area (Å²) in [5.74, 6) is -0.250. The number of piperidine rings is 1. The maximum Gasteiger partial charge on any atom is 0.306 e. The highest BCUT2D eigenvalue weighted by atomic mass is 19.1. The molecule has 1 saturated heterocycles. The second-order valence-corrected chi connectivity index (χ2v) is 9.54. The Morgan fingerprint density at radius 3 is 2.59 bits per heavy atom. The SMILES string of the molecule is CC(C)(C)OC(=O)CC1CCN(c2nc(-c3ccc(C#N)c(F)c3)cc(=O)n2CCCO)CC1. The highest BCUT2D eigenvalue weighted by molar-refractivity contribution is 5.70. The fourth-order valence-electron chi connectivity index (χ4n) is 4.04. The summed E-state index contributed by atoms with van der Waals surface area (Å²) in [6.45, 7) is 6.98. The van der Waals surface area contributed by atoms with E-state index in [0.29, 0.717) is 49.7 Å². The zero-order chi connectivity index (χ0) is 24.9. The minimum atomic E-state index is -0.671. The number of aliphatic hydroxyl groups excluding tert-OH is 1. The lowest BCUT2D eigenvalue weighted by Crippen LogP contribution is -2.39. The number of ether oxygens (including phenoxy) is 1. The third-order valence-corrected chi connectivity index (χ3v) is 5.69. The molecule has 0 atom stereocenters. The monoisotopic (exact) mass is 470 g/mol. The number of nitrogens with zero attached hydrogens (tertiary/aromatic N) is 4. The summed E-state index contributed by atoms with van der Waals surface area (Å²) in [6.07, 6.45) is 2.23. The molecule has 0 bridgehead atoms. The summed E-state index contributed by atoms with van der Waals surface area (Å²) in [5.41, 5.74) is -0.166. The van der Waals surface area contributed by atoms with Crippen molar-refractivity contribution in [1.82, 2.24) is 9.55 Å². The van der Waals surface area contributed by atoms with Gasteiger partial charge >= 0.3 is 5.97 Å². The van der Waals surface area contributed by atoms with Gasteiger partial charge in [-0.3, -0.25) is 14.2 Å². The standard InChI is InChI=1S/C25H31FN4O4/c1-25(2,3)34-23(33)13-17-7-10-29(11-8-17)24-28-21(15-22(32)30(24)9-4-12-31)18-5-6-19(16-27)20(26)14-18/h5-6,14-15,17,31H,4,7-13H2,1-3H3. The smallest absolute Gasteiger partial charge is 0.306 e. The van der Waals surface area contributed by atoms with Crippen molar-refractivity contribution in [3.05, 3.63) is 46.0 Å². The zero-order valence-corrected chi connectivity index (χ0v) is 19.9. The van der Waals surface area contributed by atoms with Gasteiger partial charge in [-0.05, 0) is 58.1 Å². The summed E-state index contributed by atoms with van der Waals surface area (Å²) >= 11 is 0. The van der Waals surface area contributed by atoms with Gasteiger partial charge in [-0.1, -0.05) is 6.07 Å². The molecule has 2 aromatic rings. The van der Waals surface area contributed by atoms with Crippen LogP contribution in [0.2, 0.25) is 0 Å². The first-order valence-electron chi connectivity index (χ1n) is 11.5. The number of hydrogen-bond acceptors (Lipinski definition) is 7. The van der Waals surface area contributed by atoms with Crippen molar-refractivity contribution in [2.45, 2.75) is 58.6 Å². The summed E-state index contributed by atoms with van der Waals surface area (Å²) in [6, 6.07) is 7.27. The second-order valence-electron chi connectivity index (χ2n) is 9.54. The number of halogens is 1. The van der Waals surface area contributed by atoms with Gasteiger partial charge in [0.1, 0.15) is 17.5 Å². The van der Waals surface area contributed by atoms with E-state index in [9.17, 15) is 19.1 Å². The molecule has 34 heavy (non-hydrogen) atoms. The van der Waals surface area contributed by atoms with Crippen molar-refractivity contribution in [1.29, 1.82) is 5.26 Å². The van der Waals surface area contributed by atoms with Crippen LogP contribution in [0.3, 0.4) is 0 Å². The third-order valence-electron chi connectivity index (χ3n) is 5.69. The van der Waals surface area contributed by atoms with Gasteiger partial charge in [-0.2, -0.15) is 5.26 Å². The zero-order valence-electron chi connectivity index (χ0n) is 19.9. The van der Waals surface area contributed by atoms with Crippen LogP contribution in [0.25, 0.3) is 11.3 Å². The molecule has 1 fully saturated rings. The first kappa shape index (κ1) is 25.4. The van der Waals surface area contributed by atoms with E-state index < -0.39 is 11.4 Å². The van der Waals surface area contributed by atoms with Crippen molar-refractivity contribution >= 4 is 11.9 Å². The van der Waals surface area contributed by atoms with Crippen LogP contribution in [0.5, 0.6) is 0 Å². The molecule has 0 radical (unpaired) electrons. The first-order chi connectivity index (χ1) is 16.1. The Bertz CT molecular complexity index is 1130. The quantitative estimate of drug-likeness (QED) is 0.619. The molecule has 1 aromatic carbocycles. The van der Waals surface area contributed by atoms with Gasteiger partial charge in [-0.15, -0.1) is 0 Å². The fraction of sp³-hybridized carbons (Fsp3) is 0.520. The van der Waals surface area contributed by atoms with Gasteiger partial charge in [0.25, 0.3) is 5.56 Å². The largest absolute Gasteiger partial charge is 0.460 e. The number of benzene rings is 1. The molecule has 8 nitrogen and oxygen atoms in total. The van der Waals surface area contributed by atoms with Crippen molar-refractivity contribution < 1.29 is 19.0 Å². The Balaban J connectivity index is 1.84. The average Bonchev–Trinajstić information content (AvgIpc) is 2.77. The molecule has 0 saturated carbocycles. The predicted octanol–water partition coefficient (Wildman–Crippen LogP) is 3.25. The van der Waals surface area contributed by atoms with E-state index in [1.54, 1.807) is 12.1 Å². The maximum atomic E-state index is 14.2. The average molecular weight is 471 g/mol. The Hall–Kier alpha value is -3.25. The lowest BCUT2D eigenvalue weighted by Gasteiger charge is -2.34. The molecule has 1 aliphatic rings. The van der Waals surface area contributed by atoms with E-state index in [0.717, 1.165) is 12.8 Å². The van der Waals surface area contributed by atoms with Crippen LogP contribution < -0.4 is 10.5 Å². The molecule has 0 spiro atoms. The van der Waals surface area contributed by atoms with Crippen molar-refractivity contribution in [3.8, 4) is 17.3 Å². The Kier molecular flexibility index (Phi) is 8.05. The summed E-state index contributed by atoms with van der Waals surface area (Å²) in [4.78, 5) is 31.8. The Morgan fingerprint density at radius 1 is 1.29 bits per heavy atom. The summed E-state index contributed by atoms with van der Waals surface area (Å²) < 4.78 is 21.1. The number of rotatable bonds is 7. The minimum Gasteiger partial charge on any atom is -0.460 e. The number of anilines is 1. The van der Waals surface area contributed by atoms with E-state index in [1.165, 1.54) is 22.8 Å². The van der Waals surface area contributed by atoms with Gasteiger partial charge in [0.15, 0.2) is 0 Å². The van der Waals surface area contributed by atoms with E-state index in [4.69, 9.17) is 10.00 Å². The number of aromatic nitrogens is 2. The molecule has 0 unspecified atom stereocenters. The topological polar surface area (TPSA) is 108 Å². The van der Waals surface area contributed by atoms with Crippen molar-refractivity contribution in [2.75, 3.05) is 24.6 Å². The Labute approximate surface area is 198 Å². The maximum absolute atomic E-state index is 14.2. The van der Waals surface area contributed by atoms with E-state index in [1.807, 2.05) is 25.7 Å². The van der Waals surface area contributed by atoms with Crippen LogP contribution in [0.1, 0.15) is 52.0 Å². The van der Waals surface area contributed by atoms with Crippen LogP contribution in [-0.2, 0) is 16.1 Å². The van der Waals surface area contributed by atoms with E-state index in [-0.39, 0.29) is 29.6 Å². The number of carbonyl (C=O) groups is 1. The molecule has 3 rings (SSSR count). The van der Waals surface area contributed by atoms with Gasteiger partial charge in [0.2, 0.25) is 5.95 Å². The first-order valence-corrected chi connectivity index (χ1v) is 11.5. The van der Waals surface area contributed by atoms with Crippen molar-refractivity contribution in [3.63, 3.8) is 0 Å². The van der Waals surface area contributed by atoms with Crippen molar-refractivity contribution in [2.24, 2.45) is 5.92 Å². The Morgan fingerprint density at radius 2 is 2.00 bits per heavy atom. The predicted molar refractivity (Wildman–Crippen MR) is 126 cm³/mol. The highest BCUT2D eigenvalue weighted by Crippen LogP contribution is 2.27. The number of hydrogen-bond donors (Lipinski definition) is 1. The molecule has 2 heterocycles. The second kappa shape index (κ2) is 10.8. The van der Waals surface area contributed by atoms with E-state index >= 15 is 0 Å². The van der Waals surface area contributed by atoms with Crippen LogP contribution in [0, 0.1) is 23.1 Å². The van der Waals surface area contributed by atoms with Gasteiger partial charge in [0, 0.05) is 44.3 Å². The van der Waals surface area contributed by atoms with Crippen LogP contribution in [-0.4, -0.2) is 45.9 Å². The molecule has 1 aliphatic heterocycles. The number of carbonyl (C=O) groups excluding carboxylic acids is 1. The molecule has 182 valence electrons. The van der Waals surface area contributed by atoms with Crippen LogP contribution in [0.4, 0.5) is 10.3 Å². The van der Waals surface area contributed by atoms with Gasteiger partial charge in [-0.25, -0.2) is 9.37 Å². The molecular formula is C25H31FN4O4. The fourth-order valence-corrected chi connectivity index (χ4v) is 4.04. The molecule has 1 aromatic heterocycles. The number of aliphatic hydroxyl groups is 1. The molecule has 1 N–H and O–H groups in total. The molecule has 9 heteroatoms. The van der Waals surface area contributed by atoms with Gasteiger partial charge in [0.05, 0.1) is 11.3 Å².